The van der Waals surface area contributed by atoms with Gasteiger partial charge >= 0.3 is 5.97 Å². The molecule has 2 N–H and O–H groups in total. The van der Waals surface area contributed by atoms with Crippen LogP contribution in [0.5, 0.6) is 0 Å². The Morgan fingerprint density at radius 2 is 2.26 bits per heavy atom. The summed E-state index contributed by atoms with van der Waals surface area (Å²) in [5.41, 5.74) is 0.715. The normalized spacial score (nSPS) is 12.8. The van der Waals surface area contributed by atoms with Gasteiger partial charge in [-0.3, -0.25) is 0 Å². The molecule has 7 heteroatoms. The molecule has 2 aromatic rings. The Hall–Kier alpha value is -1.18. The van der Waals surface area contributed by atoms with Gasteiger partial charge in [0.15, 0.2) is 0 Å². The lowest BCUT2D eigenvalue weighted by atomic mass is 10.2. The minimum atomic E-state index is -0.930. The zero-order valence-electron chi connectivity index (χ0n) is 10.6. The van der Waals surface area contributed by atoms with Crippen LogP contribution in [0.15, 0.2) is 11.4 Å². The van der Waals surface area contributed by atoms with Crippen molar-refractivity contribution in [3.8, 4) is 0 Å². The van der Waals surface area contributed by atoms with Crippen molar-refractivity contribution >= 4 is 39.3 Å². The molecule has 0 fully saturated rings. The van der Waals surface area contributed by atoms with Crippen molar-refractivity contribution < 1.29 is 15.0 Å². The Morgan fingerprint density at radius 3 is 2.89 bits per heavy atom. The molecule has 0 aromatic carbocycles. The Kier molecular flexibility index (Phi) is 4.38. The number of aryl methyl sites for hydroxylation is 1. The van der Waals surface area contributed by atoms with Gasteiger partial charge in [-0.1, -0.05) is 0 Å². The van der Waals surface area contributed by atoms with Crippen LogP contribution in [0.3, 0.4) is 0 Å². The lowest BCUT2D eigenvalue weighted by Crippen LogP contribution is -2.00. The van der Waals surface area contributed by atoms with Gasteiger partial charge in [0, 0.05) is 11.1 Å². The van der Waals surface area contributed by atoms with E-state index in [-0.39, 0.29) is 6.10 Å². The molecule has 0 amide bonds. The number of thioether (sulfide) groups is 1. The molecule has 1 atom stereocenters. The smallest absolute Gasteiger partial charge is 0.346 e. The SMILES string of the molecule is Cc1c(C(=O)O)sc2ncnc(SCCC(C)O)c12. The van der Waals surface area contributed by atoms with E-state index in [1.165, 1.54) is 29.4 Å². The lowest BCUT2D eigenvalue weighted by molar-refractivity contribution is 0.0701. The van der Waals surface area contributed by atoms with Crippen LogP contribution >= 0.6 is 23.1 Å². The second-order valence-corrected chi connectivity index (χ2v) is 6.29. The molecule has 0 saturated heterocycles. The number of aliphatic hydroxyl groups is 1. The summed E-state index contributed by atoms with van der Waals surface area (Å²) in [6, 6.07) is 0. The van der Waals surface area contributed by atoms with Gasteiger partial charge < -0.3 is 10.2 Å². The Balaban J connectivity index is 2.36. The summed E-state index contributed by atoms with van der Waals surface area (Å²) < 4.78 is 0. The van der Waals surface area contributed by atoms with Crippen molar-refractivity contribution in [2.45, 2.75) is 31.4 Å². The zero-order valence-corrected chi connectivity index (χ0v) is 12.2. The highest BCUT2D eigenvalue weighted by atomic mass is 32.2. The first-order chi connectivity index (χ1) is 9.00. The van der Waals surface area contributed by atoms with E-state index in [1.807, 2.05) is 0 Å². The third-order valence-electron chi connectivity index (χ3n) is 2.66. The number of fused-ring (bicyclic) bond motifs is 1. The van der Waals surface area contributed by atoms with Crippen molar-refractivity contribution in [3.05, 3.63) is 16.8 Å². The first-order valence-electron chi connectivity index (χ1n) is 5.79. The molecule has 2 rings (SSSR count). The third kappa shape index (κ3) is 3.05. The standard InChI is InChI=1S/C12H14N2O3S2/c1-6(15)3-4-18-10-8-7(2)9(12(16)17)19-11(8)14-5-13-10/h5-6,15H,3-4H2,1-2H3,(H,16,17). The van der Waals surface area contributed by atoms with Crippen molar-refractivity contribution in [2.24, 2.45) is 0 Å². The van der Waals surface area contributed by atoms with Crippen molar-refractivity contribution in [1.29, 1.82) is 0 Å². The molecule has 2 aromatic heterocycles. The van der Waals surface area contributed by atoms with E-state index in [2.05, 4.69) is 9.97 Å². The molecule has 1 unspecified atom stereocenters. The largest absolute Gasteiger partial charge is 0.477 e. The second kappa shape index (κ2) is 5.85. The fourth-order valence-corrected chi connectivity index (χ4v) is 3.90. The Labute approximate surface area is 118 Å². The van der Waals surface area contributed by atoms with E-state index in [4.69, 9.17) is 5.11 Å². The summed E-state index contributed by atoms with van der Waals surface area (Å²) in [6.45, 7) is 3.53. The Bertz CT molecular complexity index is 610. The van der Waals surface area contributed by atoms with Crippen LogP contribution in [0.2, 0.25) is 0 Å². The molecule has 0 aliphatic heterocycles. The molecular formula is C12H14N2O3S2. The van der Waals surface area contributed by atoms with Crippen LogP contribution in [0.1, 0.15) is 28.6 Å². The van der Waals surface area contributed by atoms with Gasteiger partial charge in [-0.05, 0) is 25.8 Å². The highest BCUT2D eigenvalue weighted by Crippen LogP contribution is 2.35. The van der Waals surface area contributed by atoms with Gasteiger partial charge in [-0.2, -0.15) is 0 Å². The maximum Gasteiger partial charge on any atom is 0.346 e. The number of carbonyl (C=O) groups is 1. The van der Waals surface area contributed by atoms with Crippen LogP contribution < -0.4 is 0 Å². The maximum absolute atomic E-state index is 11.1. The molecule has 0 aliphatic carbocycles. The molecule has 0 saturated carbocycles. The van der Waals surface area contributed by atoms with Gasteiger partial charge in [0.1, 0.15) is 21.1 Å². The zero-order chi connectivity index (χ0) is 14.0. The van der Waals surface area contributed by atoms with Crippen LogP contribution in [-0.4, -0.2) is 38.0 Å². The number of carboxylic acids is 1. The minimum absolute atomic E-state index is 0.313. The quantitative estimate of drug-likeness (QED) is 0.652. The van der Waals surface area contributed by atoms with Gasteiger partial charge in [0.25, 0.3) is 0 Å². The number of aromatic nitrogens is 2. The monoisotopic (exact) mass is 298 g/mol. The Morgan fingerprint density at radius 1 is 1.53 bits per heavy atom. The van der Waals surface area contributed by atoms with Crippen LogP contribution in [0, 0.1) is 6.92 Å². The summed E-state index contributed by atoms with van der Waals surface area (Å²) in [5.74, 6) is -0.193. The van der Waals surface area contributed by atoms with E-state index < -0.39 is 5.97 Å². The van der Waals surface area contributed by atoms with Crippen LogP contribution in [0.25, 0.3) is 10.2 Å². The summed E-state index contributed by atoms with van der Waals surface area (Å²) in [7, 11) is 0. The van der Waals surface area contributed by atoms with Crippen LogP contribution in [0.4, 0.5) is 0 Å². The number of aromatic carboxylic acids is 1. The van der Waals surface area contributed by atoms with E-state index in [0.717, 1.165) is 16.2 Å². The average molecular weight is 298 g/mol. The van der Waals surface area contributed by atoms with Gasteiger partial charge in [-0.15, -0.1) is 23.1 Å². The van der Waals surface area contributed by atoms with E-state index >= 15 is 0 Å². The predicted molar refractivity (Wildman–Crippen MR) is 76.1 cm³/mol. The van der Waals surface area contributed by atoms with Gasteiger partial charge in [0.2, 0.25) is 0 Å². The topological polar surface area (TPSA) is 83.3 Å². The number of aliphatic hydroxyl groups excluding tert-OH is 1. The number of hydrogen-bond donors (Lipinski definition) is 2. The molecule has 19 heavy (non-hydrogen) atoms. The maximum atomic E-state index is 11.1. The van der Waals surface area contributed by atoms with E-state index in [1.54, 1.807) is 13.8 Å². The van der Waals surface area contributed by atoms with E-state index in [0.29, 0.717) is 21.7 Å². The first kappa shape index (κ1) is 14.2. The van der Waals surface area contributed by atoms with E-state index in [9.17, 15) is 9.90 Å². The number of rotatable bonds is 5. The third-order valence-corrected chi connectivity index (χ3v) is 4.87. The second-order valence-electron chi connectivity index (χ2n) is 4.21. The predicted octanol–water partition coefficient (Wildman–Crippen LogP) is 2.56. The number of hydrogen-bond acceptors (Lipinski definition) is 6. The summed E-state index contributed by atoms with van der Waals surface area (Å²) in [6.07, 6.45) is 1.78. The molecule has 0 aliphatic rings. The summed E-state index contributed by atoms with van der Waals surface area (Å²) >= 11 is 2.69. The highest BCUT2D eigenvalue weighted by Gasteiger charge is 2.18. The number of nitrogens with zero attached hydrogens (tertiary/aromatic N) is 2. The minimum Gasteiger partial charge on any atom is -0.477 e. The molecule has 0 radical (unpaired) electrons. The van der Waals surface area contributed by atoms with Gasteiger partial charge in [-0.25, -0.2) is 14.8 Å². The van der Waals surface area contributed by atoms with Crippen molar-refractivity contribution in [3.63, 3.8) is 0 Å². The molecule has 0 spiro atoms. The summed E-state index contributed by atoms with van der Waals surface area (Å²) in [4.78, 5) is 20.5. The first-order valence-corrected chi connectivity index (χ1v) is 7.59. The highest BCUT2D eigenvalue weighted by molar-refractivity contribution is 7.99. The fourth-order valence-electron chi connectivity index (χ4n) is 1.68. The van der Waals surface area contributed by atoms with Gasteiger partial charge in [0.05, 0.1) is 6.10 Å². The molecule has 102 valence electrons. The average Bonchev–Trinajstić information content (AvgIpc) is 2.67. The fraction of sp³-hybridized carbons (Fsp3) is 0.417. The van der Waals surface area contributed by atoms with Crippen molar-refractivity contribution in [1.82, 2.24) is 9.97 Å². The summed E-state index contributed by atoms with van der Waals surface area (Å²) in [5, 5.41) is 20.0. The number of carboxylic acid groups (broad SMARTS) is 1. The molecule has 2 heterocycles. The van der Waals surface area contributed by atoms with Crippen LogP contribution in [-0.2, 0) is 0 Å². The molecule has 0 bridgehead atoms. The number of thiophene rings is 1. The molecular weight excluding hydrogens is 284 g/mol. The lowest BCUT2D eigenvalue weighted by Gasteiger charge is -2.04. The van der Waals surface area contributed by atoms with Crippen molar-refractivity contribution in [2.75, 3.05) is 5.75 Å². The molecule has 5 nitrogen and oxygen atoms in total.